The van der Waals surface area contributed by atoms with E-state index in [1.54, 1.807) is 12.4 Å². The Labute approximate surface area is 136 Å². The molecule has 120 valence electrons. The van der Waals surface area contributed by atoms with E-state index in [1.807, 2.05) is 21.7 Å². The molecule has 1 amide bonds. The first-order valence-electron chi connectivity index (χ1n) is 8.40. The van der Waals surface area contributed by atoms with Crippen molar-refractivity contribution in [3.63, 3.8) is 0 Å². The van der Waals surface area contributed by atoms with Crippen LogP contribution in [-0.4, -0.2) is 37.8 Å². The van der Waals surface area contributed by atoms with E-state index >= 15 is 0 Å². The highest BCUT2D eigenvalue weighted by molar-refractivity contribution is 5.97. The fraction of sp³-hybridized carbons (Fsp3) is 0.500. The van der Waals surface area contributed by atoms with Crippen LogP contribution in [0.5, 0.6) is 0 Å². The molecule has 5 heteroatoms. The second-order valence-electron chi connectivity index (χ2n) is 7.03. The third kappa shape index (κ3) is 2.44. The van der Waals surface area contributed by atoms with Crippen LogP contribution in [0.4, 0.5) is 0 Å². The number of carbonyl (C=O) groups excluding carboxylic acids is 1. The van der Waals surface area contributed by atoms with Crippen LogP contribution in [0, 0.1) is 17.8 Å². The number of rotatable bonds is 4. The fourth-order valence-corrected chi connectivity index (χ4v) is 4.03. The summed E-state index contributed by atoms with van der Waals surface area (Å²) in [5.41, 5.74) is 1.08. The van der Waals surface area contributed by atoms with Crippen LogP contribution >= 0.6 is 0 Å². The van der Waals surface area contributed by atoms with Gasteiger partial charge in [0, 0.05) is 37.4 Å². The first-order valence-corrected chi connectivity index (χ1v) is 8.40. The van der Waals surface area contributed by atoms with Crippen LogP contribution in [0.25, 0.3) is 5.65 Å². The van der Waals surface area contributed by atoms with Gasteiger partial charge in [-0.25, -0.2) is 9.97 Å². The molecule has 2 bridgehead atoms. The molecule has 0 saturated heterocycles. The second kappa shape index (κ2) is 5.48. The monoisotopic (exact) mass is 310 g/mol. The quantitative estimate of drug-likeness (QED) is 0.816. The van der Waals surface area contributed by atoms with E-state index in [1.165, 1.54) is 12.8 Å². The van der Waals surface area contributed by atoms with Crippen LogP contribution in [-0.2, 0) is 0 Å². The summed E-state index contributed by atoms with van der Waals surface area (Å²) >= 11 is 0. The summed E-state index contributed by atoms with van der Waals surface area (Å²) in [6, 6.07) is 0.155. The van der Waals surface area contributed by atoms with Gasteiger partial charge in [0.25, 0.3) is 5.91 Å². The highest BCUT2D eigenvalue weighted by Crippen LogP contribution is 2.43. The van der Waals surface area contributed by atoms with E-state index in [4.69, 9.17) is 0 Å². The van der Waals surface area contributed by atoms with Crippen molar-refractivity contribution < 1.29 is 4.79 Å². The maximum atomic E-state index is 13.1. The Bertz CT molecular complexity index is 763. The average molecular weight is 310 g/mol. The number of aromatic nitrogens is 3. The summed E-state index contributed by atoms with van der Waals surface area (Å²) < 4.78 is 1.85. The second-order valence-corrected chi connectivity index (χ2v) is 7.03. The van der Waals surface area contributed by atoms with Gasteiger partial charge in [0.15, 0.2) is 11.3 Å². The molecule has 23 heavy (non-hydrogen) atoms. The summed E-state index contributed by atoms with van der Waals surface area (Å²) in [5.74, 6) is 1.94. The topological polar surface area (TPSA) is 50.5 Å². The molecule has 0 radical (unpaired) electrons. The predicted molar refractivity (Wildman–Crippen MR) is 88.0 cm³/mol. The SMILES string of the molecule is CC(C)N(C[C@H]1C[C@@H]2C=C[C@@H]1C2)C(=O)c1nccn2ccnc12. The van der Waals surface area contributed by atoms with Gasteiger partial charge in [-0.2, -0.15) is 0 Å². The van der Waals surface area contributed by atoms with Crippen molar-refractivity contribution in [3.8, 4) is 0 Å². The number of allylic oxidation sites excluding steroid dienone is 2. The Hall–Kier alpha value is -2.17. The van der Waals surface area contributed by atoms with Crippen molar-refractivity contribution in [1.29, 1.82) is 0 Å². The third-order valence-corrected chi connectivity index (χ3v) is 5.25. The zero-order chi connectivity index (χ0) is 16.0. The maximum Gasteiger partial charge on any atom is 0.276 e. The minimum Gasteiger partial charge on any atom is -0.334 e. The standard InChI is InChI=1S/C18H22N4O/c1-12(2)22(11-15-10-13-3-4-14(15)9-13)18(23)16-17-20-6-8-21(17)7-5-19-16/h3-8,12-15H,9-11H2,1-2H3/t13-,14-,15-/m1/s1. The number of amides is 1. The molecule has 0 N–H and O–H groups in total. The first kappa shape index (κ1) is 14.4. The molecular weight excluding hydrogens is 288 g/mol. The Morgan fingerprint density at radius 2 is 2.04 bits per heavy atom. The zero-order valence-corrected chi connectivity index (χ0v) is 13.6. The van der Waals surface area contributed by atoms with Gasteiger partial charge < -0.3 is 9.30 Å². The van der Waals surface area contributed by atoms with Crippen molar-refractivity contribution in [2.45, 2.75) is 32.7 Å². The average Bonchev–Trinajstić information content (AvgIpc) is 3.26. The third-order valence-electron chi connectivity index (χ3n) is 5.25. The minimum absolute atomic E-state index is 0.0106. The van der Waals surface area contributed by atoms with Gasteiger partial charge in [0.2, 0.25) is 0 Å². The van der Waals surface area contributed by atoms with Gasteiger partial charge >= 0.3 is 0 Å². The van der Waals surface area contributed by atoms with Crippen molar-refractivity contribution in [3.05, 3.63) is 42.6 Å². The predicted octanol–water partition coefficient (Wildman–Crippen LogP) is 2.79. The lowest BCUT2D eigenvalue weighted by Gasteiger charge is -2.31. The molecule has 0 aliphatic heterocycles. The lowest BCUT2D eigenvalue weighted by Crippen LogP contribution is -2.41. The first-order chi connectivity index (χ1) is 11.1. The number of nitrogens with zero attached hydrogens (tertiary/aromatic N) is 4. The van der Waals surface area contributed by atoms with Gasteiger partial charge in [-0.15, -0.1) is 0 Å². The Morgan fingerprint density at radius 3 is 2.70 bits per heavy atom. The van der Waals surface area contributed by atoms with Crippen molar-refractivity contribution in [2.24, 2.45) is 17.8 Å². The lowest BCUT2D eigenvalue weighted by molar-refractivity contribution is 0.0656. The molecule has 2 heterocycles. The van der Waals surface area contributed by atoms with E-state index < -0.39 is 0 Å². The Morgan fingerprint density at radius 1 is 1.26 bits per heavy atom. The van der Waals surface area contributed by atoms with E-state index in [2.05, 4.69) is 36.0 Å². The van der Waals surface area contributed by atoms with Crippen molar-refractivity contribution in [1.82, 2.24) is 19.3 Å². The zero-order valence-electron chi connectivity index (χ0n) is 13.6. The van der Waals surface area contributed by atoms with Crippen LogP contribution in [0.1, 0.15) is 37.2 Å². The molecule has 3 atom stereocenters. The van der Waals surface area contributed by atoms with Crippen LogP contribution in [0.15, 0.2) is 36.9 Å². The van der Waals surface area contributed by atoms with Crippen LogP contribution < -0.4 is 0 Å². The molecule has 0 aromatic carbocycles. The minimum atomic E-state index is -0.0106. The van der Waals surface area contributed by atoms with E-state index in [0.717, 1.165) is 12.5 Å². The van der Waals surface area contributed by atoms with Gasteiger partial charge in [0.05, 0.1) is 0 Å². The molecule has 1 saturated carbocycles. The number of carbonyl (C=O) groups is 1. The van der Waals surface area contributed by atoms with E-state index in [9.17, 15) is 4.79 Å². The molecule has 1 fully saturated rings. The molecule has 2 aromatic rings. The molecule has 2 aliphatic carbocycles. The van der Waals surface area contributed by atoms with Gasteiger partial charge in [-0.3, -0.25) is 4.79 Å². The Balaban J connectivity index is 1.61. The van der Waals surface area contributed by atoms with Gasteiger partial charge in [-0.1, -0.05) is 12.2 Å². The van der Waals surface area contributed by atoms with Crippen LogP contribution in [0.3, 0.4) is 0 Å². The summed E-state index contributed by atoms with van der Waals surface area (Å²) in [6.07, 6.45) is 14.2. The number of fused-ring (bicyclic) bond motifs is 3. The fourth-order valence-electron chi connectivity index (χ4n) is 4.03. The maximum absolute atomic E-state index is 13.1. The molecule has 2 aromatic heterocycles. The summed E-state index contributed by atoms with van der Waals surface area (Å²) in [4.78, 5) is 23.7. The summed E-state index contributed by atoms with van der Waals surface area (Å²) in [7, 11) is 0. The molecule has 0 spiro atoms. The smallest absolute Gasteiger partial charge is 0.276 e. The molecule has 4 rings (SSSR count). The number of hydrogen-bond acceptors (Lipinski definition) is 3. The normalized spacial score (nSPS) is 25.6. The molecule has 0 unspecified atom stereocenters. The molecular formula is C18H22N4O. The van der Waals surface area contributed by atoms with Gasteiger partial charge in [0.1, 0.15) is 0 Å². The van der Waals surface area contributed by atoms with E-state index in [-0.39, 0.29) is 11.9 Å². The summed E-state index contributed by atoms with van der Waals surface area (Å²) in [5, 5.41) is 0. The largest absolute Gasteiger partial charge is 0.334 e. The lowest BCUT2D eigenvalue weighted by atomic mass is 9.92. The van der Waals surface area contributed by atoms with Crippen molar-refractivity contribution in [2.75, 3.05) is 6.54 Å². The number of imidazole rings is 1. The van der Waals surface area contributed by atoms with E-state index in [0.29, 0.717) is 23.2 Å². The highest BCUT2D eigenvalue weighted by Gasteiger charge is 2.38. The van der Waals surface area contributed by atoms with Gasteiger partial charge in [-0.05, 0) is 44.4 Å². The highest BCUT2D eigenvalue weighted by atomic mass is 16.2. The molecule has 2 aliphatic rings. The van der Waals surface area contributed by atoms with Crippen molar-refractivity contribution >= 4 is 11.6 Å². The Kier molecular flexibility index (Phi) is 3.43. The van der Waals surface area contributed by atoms with Crippen LogP contribution in [0.2, 0.25) is 0 Å². The summed E-state index contributed by atoms with van der Waals surface area (Å²) in [6.45, 7) is 4.96. The number of hydrogen-bond donors (Lipinski definition) is 0. The molecule has 5 nitrogen and oxygen atoms in total.